The fourth-order valence-corrected chi connectivity index (χ4v) is 1.45. The lowest BCUT2D eigenvalue weighted by Crippen LogP contribution is -2.15. The number of rotatable bonds is 1. The van der Waals surface area contributed by atoms with Crippen molar-refractivity contribution >= 4 is 11.6 Å². The van der Waals surface area contributed by atoms with Crippen molar-refractivity contribution in [2.24, 2.45) is 0 Å². The molecule has 1 rings (SSSR count). The van der Waals surface area contributed by atoms with Gasteiger partial charge in [-0.2, -0.15) is 5.26 Å². The molecule has 0 fully saturated rings. The molecule has 0 amide bonds. The van der Waals surface area contributed by atoms with Crippen LogP contribution >= 0.6 is 11.6 Å². The second kappa shape index (κ2) is 3.55. The summed E-state index contributed by atoms with van der Waals surface area (Å²) in [6.45, 7) is 3.18. The van der Waals surface area contributed by atoms with Crippen LogP contribution in [0.15, 0.2) is 12.1 Å². The van der Waals surface area contributed by atoms with Gasteiger partial charge in [-0.15, -0.1) is 0 Å². The van der Waals surface area contributed by atoms with E-state index in [9.17, 15) is 8.78 Å². The zero-order valence-corrected chi connectivity index (χ0v) is 8.49. The van der Waals surface area contributed by atoms with Crippen LogP contribution in [-0.4, -0.2) is 0 Å². The topological polar surface area (TPSA) is 23.8 Å². The van der Waals surface area contributed by atoms with Crippen LogP contribution in [0, 0.1) is 23.0 Å². The number of hydrogen-bond acceptors (Lipinski definition) is 1. The Balaban J connectivity index is 3.38. The largest absolute Gasteiger partial charge is 0.204 e. The average molecular weight is 216 g/mol. The Bertz CT molecular complexity index is 407. The van der Waals surface area contributed by atoms with Crippen LogP contribution in [0.5, 0.6) is 0 Å². The van der Waals surface area contributed by atoms with Gasteiger partial charge in [-0.1, -0.05) is 11.6 Å². The van der Waals surface area contributed by atoms with E-state index in [2.05, 4.69) is 0 Å². The molecule has 0 saturated heterocycles. The standard InChI is InChI=1S/C10H8ClF2N/c1-10(2,5-14)6-3-8(12)9(13)4-7(6)11/h3-4H,1-2H3. The van der Waals surface area contributed by atoms with Crippen molar-refractivity contribution in [2.75, 3.05) is 0 Å². The Morgan fingerprint density at radius 2 is 1.79 bits per heavy atom. The highest BCUT2D eigenvalue weighted by Gasteiger charge is 2.24. The Kier molecular flexibility index (Phi) is 2.77. The van der Waals surface area contributed by atoms with Crippen LogP contribution in [-0.2, 0) is 5.41 Å². The Morgan fingerprint density at radius 3 is 2.29 bits per heavy atom. The molecule has 1 nitrogen and oxygen atoms in total. The summed E-state index contributed by atoms with van der Waals surface area (Å²) in [4.78, 5) is 0. The first-order chi connectivity index (χ1) is 6.38. The molecule has 0 radical (unpaired) electrons. The maximum atomic E-state index is 12.9. The lowest BCUT2D eigenvalue weighted by Gasteiger charge is -2.17. The van der Waals surface area contributed by atoms with E-state index in [-0.39, 0.29) is 5.02 Å². The zero-order chi connectivity index (χ0) is 10.9. The second-order valence-corrected chi connectivity index (χ2v) is 3.89. The first-order valence-corrected chi connectivity index (χ1v) is 4.32. The molecule has 0 N–H and O–H groups in total. The average Bonchev–Trinajstić information content (AvgIpc) is 2.11. The summed E-state index contributed by atoms with van der Waals surface area (Å²) in [5, 5.41) is 8.87. The third-order valence-electron chi connectivity index (χ3n) is 1.96. The number of hydrogen-bond donors (Lipinski definition) is 0. The first-order valence-electron chi connectivity index (χ1n) is 3.95. The van der Waals surface area contributed by atoms with Crippen molar-refractivity contribution in [3.63, 3.8) is 0 Å². The highest BCUT2D eigenvalue weighted by atomic mass is 35.5. The number of nitrogens with zero attached hydrogens (tertiary/aromatic N) is 1. The Hall–Kier alpha value is -1.14. The normalized spacial score (nSPS) is 11.1. The van der Waals surface area contributed by atoms with Crippen LogP contribution in [0.25, 0.3) is 0 Å². The summed E-state index contributed by atoms with van der Waals surface area (Å²) in [6.07, 6.45) is 0. The highest BCUT2D eigenvalue weighted by Crippen LogP contribution is 2.30. The number of nitriles is 1. The fraction of sp³-hybridized carbons (Fsp3) is 0.300. The molecule has 0 saturated carbocycles. The molecule has 1 aromatic carbocycles. The Morgan fingerprint density at radius 1 is 1.29 bits per heavy atom. The maximum absolute atomic E-state index is 12.9. The van der Waals surface area contributed by atoms with Gasteiger partial charge < -0.3 is 0 Å². The molecule has 0 aliphatic heterocycles. The monoisotopic (exact) mass is 215 g/mol. The molecule has 0 aliphatic carbocycles. The molecule has 0 aliphatic rings. The van der Waals surface area contributed by atoms with Gasteiger partial charge in [-0.25, -0.2) is 8.78 Å². The third kappa shape index (κ3) is 1.85. The van der Waals surface area contributed by atoms with E-state index in [4.69, 9.17) is 16.9 Å². The van der Waals surface area contributed by atoms with E-state index in [1.165, 1.54) is 0 Å². The molecule has 0 atom stereocenters. The minimum atomic E-state index is -1.01. The van der Waals surface area contributed by atoms with Gasteiger partial charge >= 0.3 is 0 Å². The molecule has 0 bridgehead atoms. The summed E-state index contributed by atoms with van der Waals surface area (Å²) in [7, 11) is 0. The summed E-state index contributed by atoms with van der Waals surface area (Å²) in [5.41, 5.74) is -0.633. The van der Waals surface area contributed by atoms with Gasteiger partial charge in [0, 0.05) is 5.02 Å². The molecule has 0 heterocycles. The van der Waals surface area contributed by atoms with Crippen molar-refractivity contribution in [3.05, 3.63) is 34.4 Å². The van der Waals surface area contributed by atoms with E-state index in [0.29, 0.717) is 5.56 Å². The van der Waals surface area contributed by atoms with Gasteiger partial charge in [0.15, 0.2) is 11.6 Å². The van der Waals surface area contributed by atoms with Gasteiger partial charge in [0.2, 0.25) is 0 Å². The van der Waals surface area contributed by atoms with Gasteiger partial charge in [0.25, 0.3) is 0 Å². The van der Waals surface area contributed by atoms with Crippen LogP contribution in [0.1, 0.15) is 19.4 Å². The summed E-state index contributed by atoms with van der Waals surface area (Å²) >= 11 is 5.71. The number of halogens is 3. The lowest BCUT2D eigenvalue weighted by molar-refractivity contribution is 0.503. The highest BCUT2D eigenvalue weighted by molar-refractivity contribution is 6.31. The van der Waals surface area contributed by atoms with Gasteiger partial charge in [0.05, 0.1) is 11.5 Å². The molecule has 14 heavy (non-hydrogen) atoms. The predicted octanol–water partition coefficient (Wildman–Crippen LogP) is 3.42. The number of benzene rings is 1. The van der Waals surface area contributed by atoms with E-state index < -0.39 is 17.0 Å². The van der Waals surface area contributed by atoms with Crippen LogP contribution in [0.2, 0.25) is 5.02 Å². The summed E-state index contributed by atoms with van der Waals surface area (Å²) < 4.78 is 25.6. The van der Waals surface area contributed by atoms with Crippen molar-refractivity contribution < 1.29 is 8.78 Å². The molecule has 0 unspecified atom stereocenters. The van der Waals surface area contributed by atoms with Gasteiger partial charge in [-0.3, -0.25) is 0 Å². The SMILES string of the molecule is CC(C)(C#N)c1cc(F)c(F)cc1Cl. The Labute approximate surface area is 85.9 Å². The van der Waals surface area contributed by atoms with E-state index in [0.717, 1.165) is 12.1 Å². The quantitative estimate of drug-likeness (QED) is 0.659. The van der Waals surface area contributed by atoms with Crippen molar-refractivity contribution in [1.82, 2.24) is 0 Å². The molecule has 0 aromatic heterocycles. The van der Waals surface area contributed by atoms with E-state index >= 15 is 0 Å². The van der Waals surface area contributed by atoms with Crippen LogP contribution in [0.4, 0.5) is 8.78 Å². The third-order valence-corrected chi connectivity index (χ3v) is 2.28. The molecule has 1 aromatic rings. The van der Waals surface area contributed by atoms with E-state index in [1.54, 1.807) is 13.8 Å². The minimum Gasteiger partial charge on any atom is -0.204 e. The van der Waals surface area contributed by atoms with Gasteiger partial charge in [-0.05, 0) is 31.5 Å². The van der Waals surface area contributed by atoms with Crippen LogP contribution < -0.4 is 0 Å². The van der Waals surface area contributed by atoms with E-state index in [1.807, 2.05) is 6.07 Å². The van der Waals surface area contributed by atoms with Crippen molar-refractivity contribution in [1.29, 1.82) is 5.26 Å². The molecule has 74 valence electrons. The summed E-state index contributed by atoms with van der Waals surface area (Å²) in [6, 6.07) is 3.81. The second-order valence-electron chi connectivity index (χ2n) is 3.48. The van der Waals surface area contributed by atoms with Crippen molar-refractivity contribution in [3.8, 4) is 6.07 Å². The lowest BCUT2D eigenvalue weighted by atomic mass is 9.86. The predicted molar refractivity (Wildman–Crippen MR) is 50.0 cm³/mol. The zero-order valence-electron chi connectivity index (χ0n) is 7.74. The fourth-order valence-electron chi connectivity index (χ4n) is 1.06. The van der Waals surface area contributed by atoms with Gasteiger partial charge in [0.1, 0.15) is 0 Å². The molecular weight excluding hydrogens is 208 g/mol. The smallest absolute Gasteiger partial charge is 0.160 e. The van der Waals surface area contributed by atoms with Crippen molar-refractivity contribution in [2.45, 2.75) is 19.3 Å². The minimum absolute atomic E-state index is 0.0652. The first kappa shape index (κ1) is 10.9. The molecule has 0 spiro atoms. The molecular formula is C10H8ClF2N. The summed E-state index contributed by atoms with van der Waals surface area (Å²) in [5.74, 6) is -2.00. The molecule has 4 heteroatoms. The maximum Gasteiger partial charge on any atom is 0.160 e. The van der Waals surface area contributed by atoms with Crippen LogP contribution in [0.3, 0.4) is 0 Å².